The summed E-state index contributed by atoms with van der Waals surface area (Å²) in [4.78, 5) is 4.31. The molecule has 0 aliphatic rings. The molecule has 1 aromatic carbocycles. The van der Waals surface area contributed by atoms with Gasteiger partial charge in [0.1, 0.15) is 0 Å². The normalized spacial score (nSPS) is 11.7. The highest BCUT2D eigenvalue weighted by atomic mass is 35.5. The Morgan fingerprint density at radius 2 is 1.89 bits per heavy atom. The Morgan fingerprint density at radius 1 is 1.17 bits per heavy atom. The minimum atomic E-state index is -0.362. The van der Waals surface area contributed by atoms with E-state index in [1.54, 1.807) is 17.5 Å². The molecular formula is C13H12Cl3NS. The summed E-state index contributed by atoms with van der Waals surface area (Å²) in [5.41, 5.74) is 0.631. The number of thiazole rings is 1. The van der Waals surface area contributed by atoms with Gasteiger partial charge in [0.2, 0.25) is 0 Å². The molecule has 0 saturated heterocycles. The molecule has 0 radical (unpaired) electrons. The van der Waals surface area contributed by atoms with E-state index in [0.29, 0.717) is 23.2 Å². The molecule has 0 unspecified atom stereocenters. The van der Waals surface area contributed by atoms with E-state index >= 15 is 0 Å². The molecule has 1 aromatic heterocycles. The molecule has 96 valence electrons. The molecule has 0 spiro atoms. The minimum Gasteiger partial charge on any atom is -0.250 e. The van der Waals surface area contributed by atoms with Crippen LogP contribution < -0.4 is 0 Å². The van der Waals surface area contributed by atoms with E-state index in [2.05, 4.69) is 4.98 Å². The van der Waals surface area contributed by atoms with E-state index in [9.17, 15) is 0 Å². The monoisotopic (exact) mass is 319 g/mol. The summed E-state index contributed by atoms with van der Waals surface area (Å²) >= 11 is 20.2. The van der Waals surface area contributed by atoms with Crippen molar-refractivity contribution in [3.05, 3.63) is 51.4 Å². The van der Waals surface area contributed by atoms with Crippen molar-refractivity contribution in [2.75, 3.05) is 11.8 Å². The molecule has 0 saturated carbocycles. The second-order valence-corrected chi connectivity index (χ2v) is 6.05. The third-order valence-electron chi connectivity index (χ3n) is 2.93. The standard InChI is InChI=1S/C13H12Cl3NS/c14-8-13(9-15,7-12-17-5-6-18-12)10-3-1-2-4-11(10)16/h1-6H,7-9H2. The first-order chi connectivity index (χ1) is 8.72. The van der Waals surface area contributed by atoms with E-state index in [-0.39, 0.29) is 5.41 Å². The van der Waals surface area contributed by atoms with Gasteiger partial charge in [0, 0.05) is 40.2 Å². The van der Waals surface area contributed by atoms with Crippen LogP contribution in [0.1, 0.15) is 10.6 Å². The molecule has 2 rings (SSSR count). The fraction of sp³-hybridized carbons (Fsp3) is 0.308. The van der Waals surface area contributed by atoms with Crippen molar-refractivity contribution in [2.24, 2.45) is 0 Å². The van der Waals surface area contributed by atoms with Crippen LogP contribution in [0.2, 0.25) is 5.02 Å². The summed E-state index contributed by atoms with van der Waals surface area (Å²) < 4.78 is 0. The van der Waals surface area contributed by atoms with Crippen LogP contribution in [0.25, 0.3) is 0 Å². The van der Waals surface area contributed by atoms with Gasteiger partial charge in [0.15, 0.2) is 0 Å². The molecule has 5 heteroatoms. The van der Waals surface area contributed by atoms with Gasteiger partial charge < -0.3 is 0 Å². The number of halogens is 3. The topological polar surface area (TPSA) is 12.9 Å². The fourth-order valence-corrected chi connectivity index (χ4v) is 3.75. The van der Waals surface area contributed by atoms with E-state index in [1.807, 2.05) is 29.6 Å². The Balaban J connectivity index is 2.40. The van der Waals surface area contributed by atoms with Crippen LogP contribution in [0.3, 0.4) is 0 Å². The first-order valence-electron chi connectivity index (χ1n) is 5.47. The molecule has 0 bridgehead atoms. The zero-order valence-electron chi connectivity index (χ0n) is 9.57. The van der Waals surface area contributed by atoms with Crippen molar-refractivity contribution >= 4 is 46.1 Å². The minimum absolute atomic E-state index is 0.362. The molecular weight excluding hydrogens is 309 g/mol. The summed E-state index contributed by atoms with van der Waals surface area (Å²) in [5, 5.41) is 3.68. The van der Waals surface area contributed by atoms with Crippen molar-refractivity contribution in [3.63, 3.8) is 0 Å². The van der Waals surface area contributed by atoms with Crippen LogP contribution in [0.15, 0.2) is 35.8 Å². The van der Waals surface area contributed by atoms with Crippen molar-refractivity contribution in [1.82, 2.24) is 4.98 Å². The number of aromatic nitrogens is 1. The summed E-state index contributed by atoms with van der Waals surface area (Å²) in [6.45, 7) is 0. The summed E-state index contributed by atoms with van der Waals surface area (Å²) in [5.74, 6) is 0.833. The molecule has 0 aliphatic carbocycles. The Kier molecular flexibility index (Phi) is 4.91. The highest BCUT2D eigenvalue weighted by molar-refractivity contribution is 7.09. The van der Waals surface area contributed by atoms with Crippen LogP contribution in [0.5, 0.6) is 0 Å². The lowest BCUT2D eigenvalue weighted by Gasteiger charge is -2.30. The van der Waals surface area contributed by atoms with Crippen molar-refractivity contribution in [3.8, 4) is 0 Å². The Hall–Kier alpha value is -0.280. The number of hydrogen-bond acceptors (Lipinski definition) is 2. The molecule has 0 atom stereocenters. The smallest absolute Gasteiger partial charge is 0.0934 e. The molecule has 0 amide bonds. The maximum absolute atomic E-state index is 6.27. The number of hydrogen-bond donors (Lipinski definition) is 0. The van der Waals surface area contributed by atoms with Crippen molar-refractivity contribution in [2.45, 2.75) is 11.8 Å². The fourth-order valence-electron chi connectivity index (χ4n) is 1.89. The predicted octanol–water partition coefficient (Wildman–Crippen LogP) is 4.75. The number of nitrogens with zero attached hydrogens (tertiary/aromatic N) is 1. The van der Waals surface area contributed by atoms with Crippen LogP contribution in [0.4, 0.5) is 0 Å². The van der Waals surface area contributed by atoms with Crippen LogP contribution in [-0.4, -0.2) is 16.7 Å². The zero-order valence-corrected chi connectivity index (χ0v) is 12.7. The van der Waals surface area contributed by atoms with E-state index in [1.165, 1.54) is 0 Å². The Labute approximate surface area is 126 Å². The quantitative estimate of drug-likeness (QED) is 0.724. The largest absolute Gasteiger partial charge is 0.250 e. The first kappa shape index (κ1) is 14.1. The van der Waals surface area contributed by atoms with Gasteiger partial charge in [-0.1, -0.05) is 29.8 Å². The maximum atomic E-state index is 6.27. The van der Waals surface area contributed by atoms with Gasteiger partial charge in [-0.15, -0.1) is 34.5 Å². The second-order valence-electron chi connectivity index (χ2n) is 4.13. The van der Waals surface area contributed by atoms with Crippen molar-refractivity contribution < 1.29 is 0 Å². The second kappa shape index (κ2) is 6.25. The highest BCUT2D eigenvalue weighted by Gasteiger charge is 2.33. The van der Waals surface area contributed by atoms with Gasteiger partial charge in [0.05, 0.1) is 5.01 Å². The predicted molar refractivity (Wildman–Crippen MR) is 80.4 cm³/mol. The Morgan fingerprint density at radius 3 is 2.44 bits per heavy atom. The SMILES string of the molecule is ClCC(CCl)(Cc1nccs1)c1ccccc1Cl. The maximum Gasteiger partial charge on any atom is 0.0934 e. The third kappa shape index (κ3) is 2.83. The average molecular weight is 321 g/mol. The molecule has 0 aliphatic heterocycles. The average Bonchev–Trinajstić information content (AvgIpc) is 2.90. The van der Waals surface area contributed by atoms with Gasteiger partial charge in [-0.3, -0.25) is 0 Å². The molecule has 1 heterocycles. The Bertz CT molecular complexity index is 495. The van der Waals surface area contributed by atoms with Crippen LogP contribution in [0, 0.1) is 0 Å². The third-order valence-corrected chi connectivity index (χ3v) is 5.06. The number of alkyl halides is 2. The van der Waals surface area contributed by atoms with Gasteiger partial charge in [0.25, 0.3) is 0 Å². The van der Waals surface area contributed by atoms with E-state index < -0.39 is 0 Å². The first-order valence-corrected chi connectivity index (χ1v) is 7.80. The zero-order chi connectivity index (χ0) is 13.0. The van der Waals surface area contributed by atoms with Crippen LogP contribution in [-0.2, 0) is 11.8 Å². The van der Waals surface area contributed by atoms with E-state index in [0.717, 1.165) is 10.6 Å². The van der Waals surface area contributed by atoms with Crippen molar-refractivity contribution in [1.29, 1.82) is 0 Å². The summed E-state index contributed by atoms with van der Waals surface area (Å²) in [6, 6.07) is 7.71. The van der Waals surface area contributed by atoms with Gasteiger partial charge in [-0.2, -0.15) is 0 Å². The van der Waals surface area contributed by atoms with Gasteiger partial charge in [-0.05, 0) is 11.6 Å². The molecule has 2 aromatic rings. The van der Waals surface area contributed by atoms with Gasteiger partial charge >= 0.3 is 0 Å². The molecule has 0 fully saturated rings. The number of benzene rings is 1. The summed E-state index contributed by atoms with van der Waals surface area (Å²) in [6.07, 6.45) is 2.50. The van der Waals surface area contributed by atoms with Gasteiger partial charge in [-0.25, -0.2) is 4.98 Å². The van der Waals surface area contributed by atoms with Crippen LogP contribution >= 0.6 is 46.1 Å². The lowest BCUT2D eigenvalue weighted by molar-refractivity contribution is 0.535. The molecule has 18 heavy (non-hydrogen) atoms. The number of rotatable bonds is 5. The van der Waals surface area contributed by atoms with E-state index in [4.69, 9.17) is 34.8 Å². The molecule has 1 nitrogen and oxygen atoms in total. The lowest BCUT2D eigenvalue weighted by atomic mass is 9.81. The lowest BCUT2D eigenvalue weighted by Crippen LogP contribution is -2.33. The molecule has 0 N–H and O–H groups in total. The highest BCUT2D eigenvalue weighted by Crippen LogP contribution is 2.36. The summed E-state index contributed by atoms with van der Waals surface area (Å²) in [7, 11) is 0.